The highest BCUT2D eigenvalue weighted by atomic mass is 17.3. The molecular formula is C42H64O7. The normalized spacial score (nSPS) is 62.0. The highest BCUT2D eigenvalue weighted by Gasteiger charge is 2.71. The van der Waals surface area contributed by atoms with Crippen molar-refractivity contribution in [2.45, 2.75) is 174 Å². The van der Waals surface area contributed by atoms with Gasteiger partial charge in [0, 0.05) is 30.6 Å². The van der Waals surface area contributed by atoms with Crippen LogP contribution in [0.4, 0.5) is 0 Å². The van der Waals surface area contributed by atoms with Gasteiger partial charge in [-0.3, -0.25) is 0 Å². The number of hydrogen-bond donors (Lipinski definition) is 0. The molecule has 0 aromatic rings. The van der Waals surface area contributed by atoms with Crippen LogP contribution in [0.1, 0.15) is 132 Å². The van der Waals surface area contributed by atoms with Crippen molar-refractivity contribution in [3.8, 4) is 0 Å². The number of hydrogen-bond acceptors (Lipinski definition) is 7. The van der Waals surface area contributed by atoms with Gasteiger partial charge in [0.15, 0.2) is 24.0 Å². The van der Waals surface area contributed by atoms with Crippen LogP contribution in [0.3, 0.4) is 0 Å². The lowest BCUT2D eigenvalue weighted by Crippen LogP contribution is -2.70. The van der Waals surface area contributed by atoms with Gasteiger partial charge in [-0.2, -0.15) is 0 Å². The van der Waals surface area contributed by atoms with Crippen molar-refractivity contribution < 1.29 is 33.5 Å². The Bertz CT molecular complexity index is 1360. The van der Waals surface area contributed by atoms with E-state index in [1.807, 2.05) is 6.92 Å². The number of fused-ring (bicyclic) bond motifs is 9. The van der Waals surface area contributed by atoms with E-state index in [1.54, 1.807) is 5.57 Å². The Hall–Kier alpha value is -0.540. The fourth-order valence-corrected chi connectivity index (χ4v) is 15.0. The third kappa shape index (κ3) is 4.45. The first kappa shape index (κ1) is 33.1. The van der Waals surface area contributed by atoms with Crippen LogP contribution >= 0.6 is 0 Å². The first-order valence-corrected chi connectivity index (χ1v) is 20.8. The standard InChI is InChI=1S/C42H64O7/c1-23-12-19-41(43-22-23)26(4)35-34(46-41)21-33-29-10-9-27-20-28(13-16-38(27,5)32(29)14-17-39(33,35)6)44-36-25(3)31-11-8-24(2)30-15-18-40(7)47-37(45-36)42(30,31)49-48-40/h9,23-26,28-37H,8,10-22H2,1-7H3/t23?,24-,25-,26+,28+,29?,30?,31?,32?,33?,34+,35+,36?,37?,38+,39+,40+,41+,42?/m1/s1. The molecule has 2 bridgehead atoms. The second kappa shape index (κ2) is 11.0. The molecule has 6 saturated heterocycles. The first-order valence-electron chi connectivity index (χ1n) is 20.8. The largest absolute Gasteiger partial charge is 0.349 e. The molecular weight excluding hydrogens is 616 g/mol. The maximum atomic E-state index is 7.06. The first-order chi connectivity index (χ1) is 23.4. The molecule has 0 N–H and O–H groups in total. The average Bonchev–Trinajstić information content (AvgIpc) is 3.39. The molecule has 0 radical (unpaired) electrons. The van der Waals surface area contributed by atoms with Crippen LogP contribution in [-0.4, -0.2) is 48.6 Å². The van der Waals surface area contributed by atoms with Crippen molar-refractivity contribution in [1.82, 2.24) is 0 Å². The third-order valence-corrected chi connectivity index (χ3v) is 17.7. The minimum atomic E-state index is -0.749. The van der Waals surface area contributed by atoms with E-state index < -0.39 is 17.7 Å². The Morgan fingerprint density at radius 1 is 0.796 bits per heavy atom. The lowest BCUT2D eigenvalue weighted by molar-refractivity contribution is -0.578. The molecule has 0 aromatic heterocycles. The molecule has 0 amide bonds. The van der Waals surface area contributed by atoms with E-state index in [9.17, 15) is 0 Å². The van der Waals surface area contributed by atoms with E-state index in [4.69, 9.17) is 33.5 Å². The molecule has 49 heavy (non-hydrogen) atoms. The zero-order valence-electron chi connectivity index (χ0n) is 31.4. The quantitative estimate of drug-likeness (QED) is 0.213. The molecule has 2 spiro atoms. The Morgan fingerprint density at radius 3 is 2.45 bits per heavy atom. The molecule has 4 saturated carbocycles. The van der Waals surface area contributed by atoms with Crippen LogP contribution in [0, 0.1) is 70.0 Å². The molecule has 6 heterocycles. The van der Waals surface area contributed by atoms with Crippen molar-refractivity contribution in [3.05, 3.63) is 11.6 Å². The van der Waals surface area contributed by atoms with Gasteiger partial charge in [-0.25, -0.2) is 9.78 Å². The zero-order valence-corrected chi connectivity index (χ0v) is 31.4. The average molecular weight is 681 g/mol. The predicted molar refractivity (Wildman–Crippen MR) is 183 cm³/mol. The molecule has 9 unspecified atom stereocenters. The summed E-state index contributed by atoms with van der Waals surface area (Å²) in [6, 6.07) is 0. The minimum Gasteiger partial charge on any atom is -0.349 e. The van der Waals surface area contributed by atoms with Crippen LogP contribution in [-0.2, 0) is 33.5 Å². The summed E-state index contributed by atoms with van der Waals surface area (Å²) in [5.74, 6) is 4.45. The summed E-state index contributed by atoms with van der Waals surface area (Å²) in [5.41, 5.74) is 1.77. The summed E-state index contributed by atoms with van der Waals surface area (Å²) in [6.07, 6.45) is 17.6. The topological polar surface area (TPSA) is 64.6 Å². The molecule has 11 rings (SSSR count). The summed E-state index contributed by atoms with van der Waals surface area (Å²) in [4.78, 5) is 12.5. The van der Waals surface area contributed by atoms with Gasteiger partial charge in [0.05, 0.1) is 18.8 Å². The van der Waals surface area contributed by atoms with Gasteiger partial charge in [0.25, 0.3) is 0 Å². The van der Waals surface area contributed by atoms with Gasteiger partial charge in [-0.05, 0) is 130 Å². The Balaban J connectivity index is 0.849. The van der Waals surface area contributed by atoms with E-state index >= 15 is 0 Å². The van der Waals surface area contributed by atoms with E-state index in [0.717, 1.165) is 62.9 Å². The van der Waals surface area contributed by atoms with Crippen molar-refractivity contribution in [2.24, 2.45) is 70.0 Å². The van der Waals surface area contributed by atoms with Crippen molar-refractivity contribution >= 4 is 0 Å². The summed E-state index contributed by atoms with van der Waals surface area (Å²) in [5, 5.41) is 0. The molecule has 5 aliphatic carbocycles. The molecule has 7 heteroatoms. The van der Waals surface area contributed by atoms with Crippen LogP contribution in [0.5, 0.6) is 0 Å². The molecule has 274 valence electrons. The van der Waals surface area contributed by atoms with Gasteiger partial charge in [0.2, 0.25) is 5.79 Å². The zero-order chi connectivity index (χ0) is 33.7. The van der Waals surface area contributed by atoms with E-state index in [1.165, 1.54) is 44.9 Å². The Kier molecular flexibility index (Phi) is 7.43. The SMILES string of the molecule is CC1CC[C@]2(OC1)O[C@H]1CC3C4CC=C5C[C@@H](OC6OC7O[C@]8(C)CCC9[C@H](C)CCC([C@H]6C)C79OO8)CC[C@]5(C)C4CC[C@]3(C)[C@H]1[C@@H]2C. The second-order valence-corrected chi connectivity index (χ2v) is 20.1. The fraction of sp³-hybridized carbons (Fsp3) is 0.952. The van der Waals surface area contributed by atoms with Crippen molar-refractivity contribution in [2.75, 3.05) is 6.61 Å². The maximum absolute atomic E-state index is 7.06. The van der Waals surface area contributed by atoms with E-state index in [-0.39, 0.29) is 29.5 Å². The number of rotatable bonds is 2. The lowest BCUT2D eigenvalue weighted by atomic mass is 9.47. The Morgan fingerprint density at radius 2 is 1.63 bits per heavy atom. The molecule has 19 atom stereocenters. The third-order valence-electron chi connectivity index (χ3n) is 17.7. The van der Waals surface area contributed by atoms with E-state index in [2.05, 4.69) is 47.6 Å². The van der Waals surface area contributed by atoms with Crippen LogP contribution in [0.25, 0.3) is 0 Å². The van der Waals surface area contributed by atoms with Crippen molar-refractivity contribution in [1.29, 1.82) is 0 Å². The van der Waals surface area contributed by atoms with Gasteiger partial charge in [-0.1, -0.05) is 53.2 Å². The van der Waals surface area contributed by atoms with Gasteiger partial charge in [-0.15, -0.1) is 0 Å². The molecule has 0 aromatic carbocycles. The fourth-order valence-electron chi connectivity index (χ4n) is 15.0. The van der Waals surface area contributed by atoms with Gasteiger partial charge >= 0.3 is 0 Å². The number of ether oxygens (including phenoxy) is 5. The maximum Gasteiger partial charge on any atom is 0.201 e. The van der Waals surface area contributed by atoms with Crippen LogP contribution in [0.2, 0.25) is 0 Å². The smallest absolute Gasteiger partial charge is 0.201 e. The lowest BCUT2D eigenvalue weighted by Gasteiger charge is -2.61. The summed E-state index contributed by atoms with van der Waals surface area (Å²) in [6.45, 7) is 17.7. The van der Waals surface area contributed by atoms with Gasteiger partial charge < -0.3 is 23.7 Å². The molecule has 10 fully saturated rings. The second-order valence-electron chi connectivity index (χ2n) is 20.1. The summed E-state index contributed by atoms with van der Waals surface area (Å²) < 4.78 is 34.2. The summed E-state index contributed by atoms with van der Waals surface area (Å²) in [7, 11) is 0. The molecule has 7 nitrogen and oxygen atoms in total. The Labute approximate surface area is 295 Å². The highest BCUT2D eigenvalue weighted by molar-refractivity contribution is 5.26. The number of allylic oxidation sites excluding steroid dienone is 1. The summed E-state index contributed by atoms with van der Waals surface area (Å²) >= 11 is 0. The predicted octanol–water partition coefficient (Wildman–Crippen LogP) is 8.95. The van der Waals surface area contributed by atoms with Crippen molar-refractivity contribution in [3.63, 3.8) is 0 Å². The molecule has 6 aliphatic heterocycles. The minimum absolute atomic E-state index is 0.190. The van der Waals surface area contributed by atoms with Crippen LogP contribution < -0.4 is 0 Å². The monoisotopic (exact) mass is 680 g/mol. The van der Waals surface area contributed by atoms with Crippen LogP contribution in [0.15, 0.2) is 11.6 Å². The van der Waals surface area contributed by atoms with E-state index in [0.29, 0.717) is 47.0 Å². The van der Waals surface area contributed by atoms with Gasteiger partial charge in [0.1, 0.15) is 0 Å². The molecule has 11 aliphatic rings. The highest BCUT2D eigenvalue weighted by Crippen LogP contribution is 2.71.